The summed E-state index contributed by atoms with van der Waals surface area (Å²) in [5.74, 6) is -0.242. The van der Waals surface area contributed by atoms with Crippen LogP contribution in [0.5, 0.6) is 5.75 Å². The van der Waals surface area contributed by atoms with E-state index < -0.39 is 6.61 Å². The van der Waals surface area contributed by atoms with Crippen molar-refractivity contribution in [3.63, 3.8) is 0 Å². The van der Waals surface area contributed by atoms with Crippen LogP contribution in [0.3, 0.4) is 0 Å². The first-order valence-corrected chi connectivity index (χ1v) is 6.52. The Hall–Kier alpha value is -1.82. The molecule has 2 aromatic rings. The number of carbonyl (C=O) groups excluding carboxylic acids is 1. The van der Waals surface area contributed by atoms with Gasteiger partial charge in [0.05, 0.1) is 6.42 Å². The number of benzene rings is 1. The van der Waals surface area contributed by atoms with Gasteiger partial charge in [-0.05, 0) is 40.2 Å². The minimum Gasteiger partial charge on any atom is -0.435 e. The standard InChI is InChI=1S/C14H10BrF2NO2/c15-10-4-5-11(18-8-10)7-13(19)9-2-1-3-12(6-9)20-14(16)17/h1-6,8,14H,7H2. The monoisotopic (exact) mass is 341 g/mol. The van der Waals surface area contributed by atoms with Crippen LogP contribution in [0.4, 0.5) is 8.78 Å². The molecule has 0 N–H and O–H groups in total. The molecule has 0 atom stereocenters. The lowest BCUT2D eigenvalue weighted by Crippen LogP contribution is -2.07. The molecule has 20 heavy (non-hydrogen) atoms. The van der Waals surface area contributed by atoms with Gasteiger partial charge in [0.15, 0.2) is 5.78 Å². The van der Waals surface area contributed by atoms with Gasteiger partial charge < -0.3 is 4.74 Å². The van der Waals surface area contributed by atoms with Crippen LogP contribution in [0.2, 0.25) is 0 Å². The zero-order valence-electron chi connectivity index (χ0n) is 10.2. The molecule has 0 saturated carbocycles. The smallest absolute Gasteiger partial charge is 0.387 e. The highest BCUT2D eigenvalue weighted by molar-refractivity contribution is 9.10. The van der Waals surface area contributed by atoms with Crippen molar-refractivity contribution < 1.29 is 18.3 Å². The van der Waals surface area contributed by atoms with E-state index in [1.807, 2.05) is 0 Å². The zero-order valence-corrected chi connectivity index (χ0v) is 11.8. The van der Waals surface area contributed by atoms with E-state index in [0.29, 0.717) is 11.3 Å². The van der Waals surface area contributed by atoms with E-state index in [1.54, 1.807) is 24.4 Å². The Morgan fingerprint density at radius 2 is 2.10 bits per heavy atom. The SMILES string of the molecule is O=C(Cc1ccc(Br)cn1)c1cccc(OC(F)F)c1. The third-order valence-electron chi connectivity index (χ3n) is 2.51. The summed E-state index contributed by atoms with van der Waals surface area (Å²) < 4.78 is 29.3. The van der Waals surface area contributed by atoms with E-state index in [-0.39, 0.29) is 18.0 Å². The molecule has 0 aliphatic carbocycles. The molecule has 0 unspecified atom stereocenters. The molecule has 0 aliphatic heterocycles. The first kappa shape index (κ1) is 14.6. The maximum atomic E-state index is 12.1. The summed E-state index contributed by atoms with van der Waals surface area (Å²) in [6, 6.07) is 9.24. The molecule has 0 fully saturated rings. The Labute approximate surface area is 122 Å². The second-order valence-electron chi connectivity index (χ2n) is 3.97. The molecule has 0 saturated heterocycles. The Morgan fingerprint density at radius 3 is 2.75 bits per heavy atom. The normalized spacial score (nSPS) is 10.6. The van der Waals surface area contributed by atoms with Crippen molar-refractivity contribution in [3.8, 4) is 5.75 Å². The van der Waals surface area contributed by atoms with Crippen LogP contribution in [0.1, 0.15) is 16.1 Å². The molecule has 0 spiro atoms. The van der Waals surface area contributed by atoms with Crippen LogP contribution in [0.25, 0.3) is 0 Å². The quantitative estimate of drug-likeness (QED) is 0.775. The van der Waals surface area contributed by atoms with Gasteiger partial charge in [-0.3, -0.25) is 9.78 Å². The fourth-order valence-electron chi connectivity index (χ4n) is 1.62. The summed E-state index contributed by atoms with van der Waals surface area (Å²) in [7, 11) is 0. The van der Waals surface area contributed by atoms with Gasteiger partial charge in [-0.15, -0.1) is 0 Å². The third-order valence-corrected chi connectivity index (χ3v) is 2.98. The number of halogens is 3. The highest BCUT2D eigenvalue weighted by atomic mass is 79.9. The van der Waals surface area contributed by atoms with E-state index in [9.17, 15) is 13.6 Å². The van der Waals surface area contributed by atoms with Crippen molar-refractivity contribution in [1.29, 1.82) is 0 Å². The van der Waals surface area contributed by atoms with Crippen LogP contribution >= 0.6 is 15.9 Å². The number of ketones is 1. The van der Waals surface area contributed by atoms with Crippen LogP contribution in [0, 0.1) is 0 Å². The van der Waals surface area contributed by atoms with Crippen molar-refractivity contribution in [2.75, 3.05) is 0 Å². The number of Topliss-reactive ketones (excluding diaryl/α,β-unsaturated/α-hetero) is 1. The van der Waals surface area contributed by atoms with E-state index in [0.717, 1.165) is 4.47 Å². The highest BCUT2D eigenvalue weighted by Crippen LogP contribution is 2.17. The van der Waals surface area contributed by atoms with Gasteiger partial charge in [-0.1, -0.05) is 12.1 Å². The predicted octanol–water partition coefficient (Wildman–Crippen LogP) is 3.87. The summed E-state index contributed by atoms with van der Waals surface area (Å²) in [6.45, 7) is -2.91. The van der Waals surface area contributed by atoms with E-state index in [2.05, 4.69) is 25.7 Å². The van der Waals surface area contributed by atoms with Gasteiger partial charge in [0, 0.05) is 21.9 Å². The summed E-state index contributed by atoms with van der Waals surface area (Å²) in [6.07, 6.45) is 1.70. The molecule has 0 aliphatic rings. The number of nitrogens with zero attached hydrogens (tertiary/aromatic N) is 1. The summed E-state index contributed by atoms with van der Waals surface area (Å²) in [4.78, 5) is 16.1. The number of alkyl halides is 2. The van der Waals surface area contributed by atoms with Crippen molar-refractivity contribution in [1.82, 2.24) is 4.98 Å². The fourth-order valence-corrected chi connectivity index (χ4v) is 1.86. The molecule has 0 bridgehead atoms. The molecule has 1 aromatic heterocycles. The lowest BCUT2D eigenvalue weighted by Gasteiger charge is -2.06. The maximum absolute atomic E-state index is 12.1. The van der Waals surface area contributed by atoms with E-state index in [4.69, 9.17) is 0 Å². The first-order chi connectivity index (χ1) is 9.54. The van der Waals surface area contributed by atoms with Crippen LogP contribution < -0.4 is 4.74 Å². The fraction of sp³-hybridized carbons (Fsp3) is 0.143. The number of hydrogen-bond acceptors (Lipinski definition) is 3. The van der Waals surface area contributed by atoms with Crippen molar-refractivity contribution >= 4 is 21.7 Å². The number of ether oxygens (including phenoxy) is 1. The van der Waals surface area contributed by atoms with Crippen molar-refractivity contribution in [2.45, 2.75) is 13.0 Å². The van der Waals surface area contributed by atoms with Crippen LogP contribution in [-0.2, 0) is 6.42 Å². The van der Waals surface area contributed by atoms with Gasteiger partial charge in [0.1, 0.15) is 5.75 Å². The minimum absolute atomic E-state index is 0.0328. The lowest BCUT2D eigenvalue weighted by atomic mass is 10.1. The average Bonchev–Trinajstić information content (AvgIpc) is 2.41. The molecule has 2 rings (SSSR count). The Balaban J connectivity index is 2.10. The summed E-state index contributed by atoms with van der Waals surface area (Å²) in [5.41, 5.74) is 0.922. The molecular formula is C14H10BrF2NO2. The molecule has 3 nitrogen and oxygen atoms in total. The molecule has 0 radical (unpaired) electrons. The van der Waals surface area contributed by atoms with E-state index >= 15 is 0 Å². The van der Waals surface area contributed by atoms with Gasteiger partial charge in [-0.25, -0.2) is 0 Å². The van der Waals surface area contributed by atoms with Gasteiger partial charge in [-0.2, -0.15) is 8.78 Å². The minimum atomic E-state index is -2.91. The lowest BCUT2D eigenvalue weighted by molar-refractivity contribution is -0.0498. The average molecular weight is 342 g/mol. The molecule has 1 aromatic carbocycles. The largest absolute Gasteiger partial charge is 0.435 e. The van der Waals surface area contributed by atoms with E-state index in [1.165, 1.54) is 18.2 Å². The second kappa shape index (κ2) is 6.56. The predicted molar refractivity (Wildman–Crippen MR) is 73.0 cm³/mol. The van der Waals surface area contributed by atoms with Gasteiger partial charge >= 0.3 is 6.61 Å². The number of hydrogen-bond donors (Lipinski definition) is 0. The molecule has 104 valence electrons. The highest BCUT2D eigenvalue weighted by Gasteiger charge is 2.11. The Kier molecular flexibility index (Phi) is 4.79. The number of aromatic nitrogens is 1. The number of rotatable bonds is 5. The van der Waals surface area contributed by atoms with Crippen molar-refractivity contribution in [3.05, 3.63) is 58.3 Å². The third kappa shape index (κ3) is 4.09. The molecule has 1 heterocycles. The number of carbonyl (C=O) groups is 1. The summed E-state index contributed by atoms with van der Waals surface area (Å²) >= 11 is 3.25. The van der Waals surface area contributed by atoms with Crippen LogP contribution in [0.15, 0.2) is 47.1 Å². The Morgan fingerprint density at radius 1 is 1.30 bits per heavy atom. The van der Waals surface area contributed by atoms with Gasteiger partial charge in [0.2, 0.25) is 0 Å². The zero-order chi connectivity index (χ0) is 14.5. The second-order valence-corrected chi connectivity index (χ2v) is 4.89. The first-order valence-electron chi connectivity index (χ1n) is 5.73. The van der Waals surface area contributed by atoms with Crippen molar-refractivity contribution in [2.24, 2.45) is 0 Å². The summed E-state index contributed by atoms with van der Waals surface area (Å²) in [5, 5.41) is 0. The van der Waals surface area contributed by atoms with Gasteiger partial charge in [0.25, 0.3) is 0 Å². The molecular weight excluding hydrogens is 332 g/mol. The number of pyridine rings is 1. The maximum Gasteiger partial charge on any atom is 0.387 e. The Bertz CT molecular complexity index is 602. The topological polar surface area (TPSA) is 39.2 Å². The molecule has 0 amide bonds. The van der Waals surface area contributed by atoms with Crippen LogP contribution in [-0.4, -0.2) is 17.4 Å². The molecule has 6 heteroatoms.